The van der Waals surface area contributed by atoms with Crippen molar-refractivity contribution < 1.29 is 23.9 Å². The Morgan fingerprint density at radius 2 is 1.88 bits per heavy atom. The molecule has 1 N–H and O–H groups in total. The highest BCUT2D eigenvalue weighted by Gasteiger charge is 2.34. The topological polar surface area (TPSA) is 81.7 Å². The van der Waals surface area contributed by atoms with Gasteiger partial charge in [0.25, 0.3) is 0 Å². The highest BCUT2D eigenvalue weighted by Crippen LogP contribution is 2.28. The maximum absolute atomic E-state index is 12.1. The molecule has 1 aromatic carbocycles. The largest absolute Gasteiger partial charge is 0.456 e. The highest BCUT2D eigenvalue weighted by molar-refractivity contribution is 8.04. The lowest BCUT2D eigenvalue weighted by Gasteiger charge is -2.19. The van der Waals surface area contributed by atoms with E-state index in [-0.39, 0.29) is 28.7 Å². The van der Waals surface area contributed by atoms with Crippen molar-refractivity contribution >= 4 is 29.6 Å². The summed E-state index contributed by atoms with van der Waals surface area (Å²) < 4.78 is 10.3. The van der Waals surface area contributed by atoms with Gasteiger partial charge in [-0.3, -0.25) is 10.1 Å². The minimum atomic E-state index is -0.740. The number of hydrogen-bond acceptors (Lipinski definition) is 6. The van der Waals surface area contributed by atoms with Crippen molar-refractivity contribution in [1.82, 2.24) is 5.32 Å². The third-order valence-corrected chi connectivity index (χ3v) is 3.89. The molecule has 2 rings (SSSR count). The van der Waals surface area contributed by atoms with Gasteiger partial charge in [-0.25, -0.2) is 9.59 Å². The maximum atomic E-state index is 12.1. The molecule has 1 aliphatic rings. The Morgan fingerprint density at radius 1 is 1.21 bits per heavy atom. The zero-order valence-corrected chi connectivity index (χ0v) is 14.6. The fourth-order valence-corrected chi connectivity index (χ4v) is 2.81. The Labute approximate surface area is 144 Å². The standard InChI is InChI=1S/C17H19NO5S/c1-17(2,3)23-15(20)13-12(19)10-24-14(13)18-16(21)22-9-11-7-5-4-6-8-11/h4-8H,9-10H2,1-3H3,(H,18,21). The molecule has 6 nitrogen and oxygen atoms in total. The molecule has 0 fully saturated rings. The van der Waals surface area contributed by atoms with Crippen LogP contribution in [-0.4, -0.2) is 29.2 Å². The van der Waals surface area contributed by atoms with Crippen molar-refractivity contribution in [2.24, 2.45) is 0 Å². The summed E-state index contributed by atoms with van der Waals surface area (Å²) in [5, 5.41) is 2.63. The summed E-state index contributed by atoms with van der Waals surface area (Å²) in [7, 11) is 0. The van der Waals surface area contributed by atoms with E-state index in [1.54, 1.807) is 20.8 Å². The van der Waals surface area contributed by atoms with Gasteiger partial charge in [0.1, 0.15) is 17.8 Å². The first kappa shape index (κ1) is 18.1. The number of Topliss-reactive ketones (excluding diaryl/α,β-unsaturated/α-hetero) is 1. The van der Waals surface area contributed by atoms with Crippen molar-refractivity contribution in [2.45, 2.75) is 33.0 Å². The lowest BCUT2D eigenvalue weighted by molar-refractivity contribution is -0.150. The van der Waals surface area contributed by atoms with Gasteiger partial charge >= 0.3 is 12.1 Å². The van der Waals surface area contributed by atoms with Crippen LogP contribution in [0.25, 0.3) is 0 Å². The van der Waals surface area contributed by atoms with E-state index >= 15 is 0 Å². The molecule has 7 heteroatoms. The number of rotatable bonds is 4. The van der Waals surface area contributed by atoms with Gasteiger partial charge < -0.3 is 9.47 Å². The Balaban J connectivity index is 2.01. The predicted molar refractivity (Wildman–Crippen MR) is 90.1 cm³/mol. The summed E-state index contributed by atoms with van der Waals surface area (Å²) in [5.74, 6) is -1.02. The molecular weight excluding hydrogens is 330 g/mol. The van der Waals surface area contributed by atoms with Gasteiger partial charge in [-0.1, -0.05) is 42.1 Å². The number of nitrogens with one attached hydrogen (secondary N) is 1. The van der Waals surface area contributed by atoms with Crippen molar-refractivity contribution in [3.8, 4) is 0 Å². The number of carbonyl (C=O) groups excluding carboxylic acids is 3. The monoisotopic (exact) mass is 349 g/mol. The summed E-state index contributed by atoms with van der Waals surface area (Å²) in [6.07, 6.45) is -0.725. The molecule has 0 aromatic heterocycles. The molecule has 0 saturated carbocycles. The van der Waals surface area contributed by atoms with E-state index in [4.69, 9.17) is 9.47 Å². The molecule has 24 heavy (non-hydrogen) atoms. The number of carbonyl (C=O) groups is 3. The van der Waals surface area contributed by atoms with E-state index in [1.807, 2.05) is 30.3 Å². The summed E-state index contributed by atoms with van der Waals surface area (Å²) >= 11 is 1.08. The number of esters is 1. The van der Waals surface area contributed by atoms with Gasteiger partial charge in [0, 0.05) is 0 Å². The Kier molecular flexibility index (Phi) is 5.66. The molecule has 0 bridgehead atoms. The number of ketones is 1. The van der Waals surface area contributed by atoms with Crippen LogP contribution in [0.1, 0.15) is 26.3 Å². The zero-order valence-electron chi connectivity index (χ0n) is 13.8. The molecule has 1 heterocycles. The van der Waals surface area contributed by atoms with Crippen LogP contribution in [0.3, 0.4) is 0 Å². The van der Waals surface area contributed by atoms with E-state index in [0.717, 1.165) is 17.3 Å². The summed E-state index contributed by atoms with van der Waals surface area (Å²) in [5.41, 5.74) is -0.0213. The number of alkyl carbamates (subject to hydrolysis) is 1. The SMILES string of the molecule is CC(C)(C)OC(=O)C1=C(NC(=O)OCc2ccccc2)SCC1=O. The van der Waals surface area contributed by atoms with E-state index in [1.165, 1.54) is 0 Å². The van der Waals surface area contributed by atoms with Crippen molar-refractivity contribution in [2.75, 3.05) is 5.75 Å². The lowest BCUT2D eigenvalue weighted by Crippen LogP contribution is -2.29. The lowest BCUT2D eigenvalue weighted by atomic mass is 10.1. The van der Waals surface area contributed by atoms with Crippen LogP contribution in [0.2, 0.25) is 0 Å². The van der Waals surface area contributed by atoms with Crippen LogP contribution in [0.15, 0.2) is 40.9 Å². The minimum Gasteiger partial charge on any atom is -0.456 e. The molecular formula is C17H19NO5S. The maximum Gasteiger partial charge on any atom is 0.412 e. The number of benzene rings is 1. The minimum absolute atomic E-state index is 0.0862. The van der Waals surface area contributed by atoms with Gasteiger partial charge in [0.05, 0.1) is 10.8 Å². The van der Waals surface area contributed by atoms with Crippen LogP contribution < -0.4 is 5.32 Å². The fourth-order valence-electron chi connectivity index (χ4n) is 1.89. The molecule has 1 amide bonds. The van der Waals surface area contributed by atoms with E-state index in [0.29, 0.717) is 0 Å². The number of thioether (sulfide) groups is 1. The third kappa shape index (κ3) is 5.13. The highest BCUT2D eigenvalue weighted by atomic mass is 32.2. The smallest absolute Gasteiger partial charge is 0.412 e. The molecule has 0 aliphatic carbocycles. The fraction of sp³-hybridized carbons (Fsp3) is 0.353. The van der Waals surface area contributed by atoms with Crippen LogP contribution in [0, 0.1) is 0 Å². The molecule has 0 atom stereocenters. The average Bonchev–Trinajstić information content (AvgIpc) is 2.85. The summed E-state index contributed by atoms with van der Waals surface area (Å²) in [4.78, 5) is 35.9. The van der Waals surface area contributed by atoms with Gasteiger partial charge in [0.15, 0.2) is 5.78 Å². The Hall–Kier alpha value is -2.28. The number of hydrogen-bond donors (Lipinski definition) is 1. The first-order valence-corrected chi connectivity index (χ1v) is 8.36. The van der Waals surface area contributed by atoms with Gasteiger partial charge in [0.2, 0.25) is 0 Å². The van der Waals surface area contributed by atoms with E-state index in [9.17, 15) is 14.4 Å². The molecule has 128 valence electrons. The predicted octanol–water partition coefficient (Wildman–Crippen LogP) is 2.78. The quantitative estimate of drug-likeness (QED) is 0.665. The van der Waals surface area contributed by atoms with Gasteiger partial charge in [-0.05, 0) is 26.3 Å². The summed E-state index contributed by atoms with van der Waals surface area (Å²) in [6, 6.07) is 9.19. The average molecular weight is 349 g/mol. The molecule has 1 aliphatic heterocycles. The second-order valence-corrected chi connectivity index (χ2v) is 7.09. The van der Waals surface area contributed by atoms with E-state index < -0.39 is 17.7 Å². The molecule has 1 aromatic rings. The Morgan fingerprint density at radius 3 is 2.50 bits per heavy atom. The Bertz CT molecular complexity index is 676. The molecule has 0 radical (unpaired) electrons. The second kappa shape index (κ2) is 7.53. The van der Waals surface area contributed by atoms with Crippen LogP contribution >= 0.6 is 11.8 Å². The van der Waals surface area contributed by atoms with Crippen LogP contribution in [0.4, 0.5) is 4.79 Å². The zero-order chi connectivity index (χ0) is 17.7. The van der Waals surface area contributed by atoms with Gasteiger partial charge in [-0.15, -0.1) is 0 Å². The first-order chi connectivity index (χ1) is 11.3. The molecule has 0 spiro atoms. The van der Waals surface area contributed by atoms with Crippen LogP contribution in [-0.2, 0) is 25.7 Å². The number of ether oxygens (including phenoxy) is 2. The molecule has 0 unspecified atom stereocenters. The number of amides is 1. The van der Waals surface area contributed by atoms with Crippen molar-refractivity contribution in [3.63, 3.8) is 0 Å². The van der Waals surface area contributed by atoms with E-state index in [2.05, 4.69) is 5.32 Å². The first-order valence-electron chi connectivity index (χ1n) is 7.37. The van der Waals surface area contributed by atoms with Crippen molar-refractivity contribution in [1.29, 1.82) is 0 Å². The second-order valence-electron chi connectivity index (χ2n) is 6.10. The normalized spacial score (nSPS) is 14.5. The third-order valence-electron chi connectivity index (χ3n) is 2.88. The van der Waals surface area contributed by atoms with Crippen LogP contribution in [0.5, 0.6) is 0 Å². The summed E-state index contributed by atoms with van der Waals surface area (Å²) in [6.45, 7) is 5.22. The van der Waals surface area contributed by atoms with Crippen molar-refractivity contribution in [3.05, 3.63) is 46.5 Å². The van der Waals surface area contributed by atoms with Gasteiger partial charge in [-0.2, -0.15) is 0 Å². The molecule has 0 saturated heterocycles.